The lowest BCUT2D eigenvalue weighted by Gasteiger charge is -2.08. The summed E-state index contributed by atoms with van der Waals surface area (Å²) in [6.45, 7) is 8.61. The fourth-order valence-corrected chi connectivity index (χ4v) is 2.56. The average Bonchev–Trinajstić information content (AvgIpc) is 2.77. The predicted molar refractivity (Wildman–Crippen MR) is 120 cm³/mol. The van der Waals surface area contributed by atoms with Crippen molar-refractivity contribution in [1.29, 1.82) is 0 Å². The maximum absolute atomic E-state index is 11.6. The summed E-state index contributed by atoms with van der Waals surface area (Å²) in [4.78, 5) is 22.1. The zero-order valence-electron chi connectivity index (χ0n) is 20.1. The van der Waals surface area contributed by atoms with Crippen LogP contribution in [0.4, 0.5) is 0 Å². The molecule has 0 aromatic carbocycles. The Morgan fingerprint density at radius 3 is 1.31 bits per heavy atom. The van der Waals surface area contributed by atoms with Gasteiger partial charge in [-0.2, -0.15) is 0 Å². The molecule has 0 aliphatic heterocycles. The van der Waals surface area contributed by atoms with Crippen LogP contribution in [-0.2, 0) is 42.7 Å². The van der Waals surface area contributed by atoms with Crippen LogP contribution in [0.5, 0.6) is 0 Å². The molecule has 0 radical (unpaired) electrons. The van der Waals surface area contributed by atoms with Gasteiger partial charge in [0, 0.05) is 13.3 Å². The van der Waals surface area contributed by atoms with Crippen LogP contribution in [0.25, 0.3) is 0 Å². The van der Waals surface area contributed by atoms with Crippen LogP contribution in [0.1, 0.15) is 58.8 Å². The van der Waals surface area contributed by atoms with Crippen molar-refractivity contribution in [3.05, 3.63) is 0 Å². The smallest absolute Gasteiger partial charge is 0.305 e. The molecule has 0 aliphatic carbocycles. The molecule has 32 heavy (non-hydrogen) atoms. The number of esters is 2. The van der Waals surface area contributed by atoms with Crippen molar-refractivity contribution < 1.29 is 42.7 Å². The van der Waals surface area contributed by atoms with E-state index in [1.807, 2.05) is 0 Å². The fourth-order valence-electron chi connectivity index (χ4n) is 2.56. The maximum Gasteiger partial charge on any atom is 0.305 e. The van der Waals surface area contributed by atoms with Crippen molar-refractivity contribution in [3.8, 4) is 0 Å². The molecule has 0 amide bonds. The van der Waals surface area contributed by atoms with Crippen molar-refractivity contribution >= 4 is 11.9 Å². The Morgan fingerprint density at radius 1 is 0.500 bits per heavy atom. The molecule has 9 nitrogen and oxygen atoms in total. The minimum absolute atomic E-state index is 0.145. The van der Waals surface area contributed by atoms with E-state index in [1.54, 1.807) is 0 Å². The van der Waals surface area contributed by atoms with Gasteiger partial charge in [0.2, 0.25) is 0 Å². The van der Waals surface area contributed by atoms with E-state index in [4.69, 9.17) is 33.2 Å². The highest BCUT2D eigenvalue weighted by molar-refractivity contribution is 5.69. The highest BCUT2D eigenvalue weighted by atomic mass is 16.6. The molecular formula is C23H44O9. The number of rotatable bonds is 25. The third-order valence-corrected chi connectivity index (χ3v) is 4.25. The molecule has 0 unspecified atom stereocenters. The third kappa shape index (κ3) is 26.8. The molecule has 0 spiro atoms. The summed E-state index contributed by atoms with van der Waals surface area (Å²) in [6, 6.07) is 0. The lowest BCUT2D eigenvalue weighted by molar-refractivity contribution is -0.145. The molecule has 9 heteroatoms. The van der Waals surface area contributed by atoms with E-state index in [0.717, 1.165) is 12.8 Å². The van der Waals surface area contributed by atoms with Gasteiger partial charge < -0.3 is 33.2 Å². The first-order chi connectivity index (χ1) is 15.7. The van der Waals surface area contributed by atoms with Crippen LogP contribution in [0.3, 0.4) is 0 Å². The number of hydrogen-bond donors (Lipinski definition) is 0. The Labute approximate surface area is 193 Å². The Hall–Kier alpha value is -1.26. The van der Waals surface area contributed by atoms with Crippen LogP contribution in [0.2, 0.25) is 0 Å². The highest BCUT2D eigenvalue weighted by Crippen LogP contribution is 2.07. The van der Waals surface area contributed by atoms with Gasteiger partial charge in [-0.3, -0.25) is 9.59 Å². The average molecular weight is 465 g/mol. The summed E-state index contributed by atoms with van der Waals surface area (Å²) in [5.74, 6) is -0.455. The second-order valence-corrected chi connectivity index (χ2v) is 7.14. The number of carbonyl (C=O) groups is 2. The number of ether oxygens (including phenoxy) is 7. The van der Waals surface area contributed by atoms with Crippen molar-refractivity contribution in [2.24, 2.45) is 0 Å². The summed E-state index contributed by atoms with van der Waals surface area (Å²) < 4.78 is 36.6. The molecule has 0 atom stereocenters. The van der Waals surface area contributed by atoms with Gasteiger partial charge in [0.1, 0.15) is 13.2 Å². The van der Waals surface area contributed by atoms with Gasteiger partial charge in [0.05, 0.1) is 66.1 Å². The normalized spacial score (nSPS) is 10.9. The second-order valence-electron chi connectivity index (χ2n) is 7.14. The Morgan fingerprint density at radius 2 is 0.875 bits per heavy atom. The van der Waals surface area contributed by atoms with E-state index in [9.17, 15) is 9.59 Å². The number of unbranched alkanes of at least 4 members (excludes halogenated alkanes) is 5. The largest absolute Gasteiger partial charge is 0.463 e. The molecule has 0 aromatic rings. The molecule has 0 saturated heterocycles. The molecule has 0 aromatic heterocycles. The topological polar surface area (TPSA) is 98.8 Å². The monoisotopic (exact) mass is 464 g/mol. The molecule has 0 fully saturated rings. The third-order valence-electron chi connectivity index (χ3n) is 4.25. The van der Waals surface area contributed by atoms with Gasteiger partial charge in [0.15, 0.2) is 0 Å². The first kappa shape index (κ1) is 30.7. The van der Waals surface area contributed by atoms with E-state index in [1.165, 1.54) is 32.6 Å². The minimum atomic E-state index is -0.310. The molecule has 0 saturated carbocycles. The van der Waals surface area contributed by atoms with Crippen LogP contribution in [0, 0.1) is 0 Å². The van der Waals surface area contributed by atoms with E-state index >= 15 is 0 Å². The van der Waals surface area contributed by atoms with E-state index in [0.29, 0.717) is 72.5 Å². The van der Waals surface area contributed by atoms with E-state index in [-0.39, 0.29) is 25.2 Å². The van der Waals surface area contributed by atoms with Crippen LogP contribution in [-0.4, -0.2) is 91.2 Å². The SMILES string of the molecule is CCCCCCCCC(=O)OCCOCCOCCOCCOCCOCCOC(C)=O. The maximum atomic E-state index is 11.6. The zero-order chi connectivity index (χ0) is 23.5. The van der Waals surface area contributed by atoms with Crippen molar-refractivity contribution in [2.75, 3.05) is 79.3 Å². The summed E-state index contributed by atoms with van der Waals surface area (Å²) in [5, 5.41) is 0. The fraction of sp³-hybridized carbons (Fsp3) is 0.913. The minimum Gasteiger partial charge on any atom is -0.463 e. The number of carbonyl (C=O) groups excluding carboxylic acids is 2. The van der Waals surface area contributed by atoms with Gasteiger partial charge >= 0.3 is 11.9 Å². The summed E-state index contributed by atoms with van der Waals surface area (Å²) in [6.07, 6.45) is 7.43. The van der Waals surface area contributed by atoms with Gasteiger partial charge in [-0.25, -0.2) is 0 Å². The van der Waals surface area contributed by atoms with Gasteiger partial charge in [0.25, 0.3) is 0 Å². The van der Waals surface area contributed by atoms with Crippen molar-refractivity contribution in [2.45, 2.75) is 58.8 Å². The first-order valence-corrected chi connectivity index (χ1v) is 11.8. The first-order valence-electron chi connectivity index (χ1n) is 11.8. The van der Waals surface area contributed by atoms with Crippen LogP contribution < -0.4 is 0 Å². The molecule has 190 valence electrons. The lowest BCUT2D eigenvalue weighted by atomic mass is 10.1. The highest BCUT2D eigenvalue weighted by Gasteiger charge is 2.02. The van der Waals surface area contributed by atoms with Crippen LogP contribution in [0.15, 0.2) is 0 Å². The Kier molecular flexibility index (Phi) is 25.0. The molecular weight excluding hydrogens is 420 g/mol. The molecule has 0 N–H and O–H groups in total. The summed E-state index contributed by atoms with van der Waals surface area (Å²) >= 11 is 0. The van der Waals surface area contributed by atoms with Crippen LogP contribution >= 0.6 is 0 Å². The predicted octanol–water partition coefficient (Wildman–Crippen LogP) is 2.93. The van der Waals surface area contributed by atoms with Gasteiger partial charge in [-0.05, 0) is 6.42 Å². The quantitative estimate of drug-likeness (QED) is 0.149. The lowest BCUT2D eigenvalue weighted by Crippen LogP contribution is -2.15. The number of hydrogen-bond acceptors (Lipinski definition) is 9. The Bertz CT molecular complexity index is 418. The van der Waals surface area contributed by atoms with E-state index < -0.39 is 0 Å². The molecule has 0 rings (SSSR count). The van der Waals surface area contributed by atoms with Gasteiger partial charge in [-0.1, -0.05) is 39.0 Å². The van der Waals surface area contributed by atoms with Gasteiger partial charge in [-0.15, -0.1) is 0 Å². The standard InChI is InChI=1S/C23H44O9/c1-3-4-5-6-7-8-9-23(25)32-21-19-30-17-15-28-13-11-26-10-12-27-14-16-29-18-20-31-22(2)24/h3-21H2,1-2H3. The molecule has 0 aliphatic rings. The summed E-state index contributed by atoms with van der Waals surface area (Å²) in [7, 11) is 0. The Balaban J connectivity index is 3.11. The van der Waals surface area contributed by atoms with Crippen molar-refractivity contribution in [3.63, 3.8) is 0 Å². The zero-order valence-corrected chi connectivity index (χ0v) is 20.1. The second kappa shape index (κ2) is 26.0. The van der Waals surface area contributed by atoms with E-state index in [2.05, 4.69) is 6.92 Å². The summed E-state index contributed by atoms with van der Waals surface area (Å²) in [5.41, 5.74) is 0. The van der Waals surface area contributed by atoms with Crippen molar-refractivity contribution in [1.82, 2.24) is 0 Å². The molecule has 0 bridgehead atoms. The molecule has 0 heterocycles.